The molecule has 3 aromatic rings. The second kappa shape index (κ2) is 9.88. The first kappa shape index (κ1) is 22.6. The molecule has 8 nitrogen and oxygen atoms in total. The van der Waals surface area contributed by atoms with Crippen LogP contribution >= 0.6 is 39.0 Å². The van der Waals surface area contributed by atoms with Gasteiger partial charge in [0.1, 0.15) is 11.6 Å². The summed E-state index contributed by atoms with van der Waals surface area (Å²) < 4.78 is 1.83. The molecule has 2 aromatic heterocycles. The minimum atomic E-state index is -0.235. The molecule has 2 amide bonds. The molecule has 0 bridgehead atoms. The summed E-state index contributed by atoms with van der Waals surface area (Å²) in [5.74, 6) is 0.414. The zero-order valence-corrected chi connectivity index (χ0v) is 20.3. The standard InChI is InChI=1S/C21H20BrN5O3S2/c1-13(28)26-6-8-27(9-7-26)20(30)16-10-15(3-4-17(16)29)31-19-12-24-21(32-19)25-18-5-2-14(22)11-23-18/h2-5,10-12,29H,6-9H2,1H3,(H,23,24,25). The van der Waals surface area contributed by atoms with Crippen LogP contribution in [0.4, 0.5) is 10.9 Å². The van der Waals surface area contributed by atoms with Gasteiger partial charge in [0.2, 0.25) is 5.91 Å². The number of phenolic OH excluding ortho intramolecular Hbond substituents is 1. The van der Waals surface area contributed by atoms with E-state index in [9.17, 15) is 14.7 Å². The van der Waals surface area contributed by atoms with Crippen molar-refractivity contribution in [2.45, 2.75) is 16.0 Å². The Morgan fingerprint density at radius 2 is 1.84 bits per heavy atom. The zero-order chi connectivity index (χ0) is 22.7. The van der Waals surface area contributed by atoms with Gasteiger partial charge in [0.15, 0.2) is 5.13 Å². The van der Waals surface area contributed by atoms with Crippen LogP contribution in [0.5, 0.6) is 5.75 Å². The van der Waals surface area contributed by atoms with Gasteiger partial charge in [-0.15, -0.1) is 0 Å². The van der Waals surface area contributed by atoms with Crippen molar-refractivity contribution in [3.05, 3.63) is 52.8 Å². The van der Waals surface area contributed by atoms with Gasteiger partial charge < -0.3 is 20.2 Å². The van der Waals surface area contributed by atoms with Crippen LogP contribution in [-0.4, -0.2) is 62.9 Å². The lowest BCUT2D eigenvalue weighted by Crippen LogP contribution is -2.50. The number of phenols is 1. The fraction of sp³-hybridized carbons (Fsp3) is 0.238. The molecule has 0 saturated carbocycles. The number of rotatable bonds is 5. The van der Waals surface area contributed by atoms with Crippen LogP contribution in [0.25, 0.3) is 0 Å². The van der Waals surface area contributed by atoms with Gasteiger partial charge in [0.05, 0.1) is 16.0 Å². The Morgan fingerprint density at radius 1 is 1.09 bits per heavy atom. The number of nitrogens with zero attached hydrogens (tertiary/aromatic N) is 4. The van der Waals surface area contributed by atoms with Crippen molar-refractivity contribution >= 4 is 61.8 Å². The maximum atomic E-state index is 13.0. The summed E-state index contributed by atoms with van der Waals surface area (Å²) >= 11 is 6.30. The normalized spacial score (nSPS) is 13.8. The van der Waals surface area contributed by atoms with Crippen LogP contribution in [0.2, 0.25) is 0 Å². The molecule has 1 fully saturated rings. The first-order chi connectivity index (χ1) is 15.4. The van der Waals surface area contributed by atoms with Crippen molar-refractivity contribution < 1.29 is 14.7 Å². The van der Waals surface area contributed by atoms with E-state index in [0.717, 1.165) is 13.6 Å². The first-order valence-electron chi connectivity index (χ1n) is 9.79. The zero-order valence-electron chi connectivity index (χ0n) is 17.1. The van der Waals surface area contributed by atoms with Crippen LogP contribution in [0.15, 0.2) is 56.3 Å². The highest BCUT2D eigenvalue weighted by molar-refractivity contribution is 9.10. The van der Waals surface area contributed by atoms with E-state index >= 15 is 0 Å². The molecule has 0 radical (unpaired) electrons. The van der Waals surface area contributed by atoms with Gasteiger partial charge in [-0.05, 0) is 46.3 Å². The number of pyridine rings is 1. The number of aromatic hydroxyl groups is 1. The van der Waals surface area contributed by atoms with E-state index in [-0.39, 0.29) is 23.1 Å². The second-order valence-electron chi connectivity index (χ2n) is 7.05. The van der Waals surface area contributed by atoms with Crippen molar-refractivity contribution in [2.24, 2.45) is 0 Å². The Kier molecular flexibility index (Phi) is 6.97. The van der Waals surface area contributed by atoms with Gasteiger partial charge in [-0.3, -0.25) is 9.59 Å². The largest absolute Gasteiger partial charge is 0.507 e. The number of carbonyl (C=O) groups excluding carboxylic acids is 2. The fourth-order valence-electron chi connectivity index (χ4n) is 3.18. The molecule has 3 heterocycles. The number of hydrogen-bond donors (Lipinski definition) is 2. The van der Waals surface area contributed by atoms with Gasteiger partial charge in [0, 0.05) is 48.7 Å². The highest BCUT2D eigenvalue weighted by Gasteiger charge is 2.25. The molecule has 32 heavy (non-hydrogen) atoms. The van der Waals surface area contributed by atoms with Crippen LogP contribution in [0.3, 0.4) is 0 Å². The smallest absolute Gasteiger partial charge is 0.257 e. The lowest BCUT2D eigenvalue weighted by Gasteiger charge is -2.34. The van der Waals surface area contributed by atoms with E-state index in [4.69, 9.17) is 0 Å². The van der Waals surface area contributed by atoms with Crippen LogP contribution in [0, 0.1) is 0 Å². The average Bonchev–Trinajstić information content (AvgIpc) is 3.23. The van der Waals surface area contributed by atoms with E-state index in [1.54, 1.807) is 34.3 Å². The summed E-state index contributed by atoms with van der Waals surface area (Å²) in [4.78, 5) is 37.3. The second-order valence-corrected chi connectivity index (χ2v) is 10.4. The highest BCUT2D eigenvalue weighted by atomic mass is 79.9. The number of halogens is 1. The molecule has 2 N–H and O–H groups in total. The molecule has 1 aliphatic rings. The van der Waals surface area contributed by atoms with Crippen molar-refractivity contribution in [1.82, 2.24) is 19.8 Å². The summed E-state index contributed by atoms with van der Waals surface area (Å²) in [6.45, 7) is 3.42. The molecule has 1 aliphatic heterocycles. The Labute approximate surface area is 201 Å². The van der Waals surface area contributed by atoms with Gasteiger partial charge in [0.25, 0.3) is 5.91 Å². The van der Waals surface area contributed by atoms with Crippen LogP contribution in [-0.2, 0) is 4.79 Å². The third-order valence-electron chi connectivity index (χ3n) is 4.88. The summed E-state index contributed by atoms with van der Waals surface area (Å²) in [5.41, 5.74) is 0.258. The highest BCUT2D eigenvalue weighted by Crippen LogP contribution is 2.36. The lowest BCUT2D eigenvalue weighted by molar-refractivity contribution is -0.130. The summed E-state index contributed by atoms with van der Waals surface area (Å²) in [6, 6.07) is 8.75. The molecule has 0 spiro atoms. The predicted octanol–water partition coefficient (Wildman–Crippen LogP) is 4.21. The monoisotopic (exact) mass is 533 g/mol. The van der Waals surface area contributed by atoms with E-state index in [1.165, 1.54) is 36.1 Å². The molecular formula is C21H20BrN5O3S2. The third kappa shape index (κ3) is 5.40. The molecular weight excluding hydrogens is 514 g/mol. The molecule has 0 atom stereocenters. The SMILES string of the molecule is CC(=O)N1CCN(C(=O)c2cc(Sc3cnc(Nc4ccc(Br)cn4)s3)ccc2O)CC1. The maximum absolute atomic E-state index is 13.0. The minimum Gasteiger partial charge on any atom is -0.507 e. The molecule has 11 heteroatoms. The number of aromatic nitrogens is 2. The number of carbonyl (C=O) groups is 2. The Bertz CT molecular complexity index is 1130. The van der Waals surface area contributed by atoms with Gasteiger partial charge in [-0.1, -0.05) is 23.1 Å². The van der Waals surface area contributed by atoms with Gasteiger partial charge >= 0.3 is 0 Å². The van der Waals surface area contributed by atoms with Crippen molar-refractivity contribution in [2.75, 3.05) is 31.5 Å². The molecule has 4 rings (SSSR count). The summed E-state index contributed by atoms with van der Waals surface area (Å²) in [7, 11) is 0. The van der Waals surface area contributed by atoms with E-state index in [0.29, 0.717) is 37.1 Å². The van der Waals surface area contributed by atoms with Crippen molar-refractivity contribution in [3.63, 3.8) is 0 Å². The lowest BCUT2D eigenvalue weighted by atomic mass is 10.1. The fourth-order valence-corrected chi connectivity index (χ4v) is 5.32. The molecule has 0 aliphatic carbocycles. The first-order valence-corrected chi connectivity index (χ1v) is 12.2. The number of nitrogens with one attached hydrogen (secondary N) is 1. The predicted molar refractivity (Wildman–Crippen MR) is 128 cm³/mol. The molecule has 166 valence electrons. The number of piperazine rings is 1. The number of benzene rings is 1. The van der Waals surface area contributed by atoms with Crippen LogP contribution in [0.1, 0.15) is 17.3 Å². The molecule has 0 unspecified atom stereocenters. The Morgan fingerprint density at radius 3 is 2.53 bits per heavy atom. The van der Waals surface area contributed by atoms with Crippen LogP contribution < -0.4 is 5.32 Å². The average molecular weight is 534 g/mol. The summed E-state index contributed by atoms with van der Waals surface area (Å²) in [5, 5.41) is 14.2. The molecule has 1 aromatic carbocycles. The number of hydrogen-bond acceptors (Lipinski definition) is 8. The maximum Gasteiger partial charge on any atom is 0.257 e. The van der Waals surface area contributed by atoms with Gasteiger partial charge in [-0.2, -0.15) is 0 Å². The van der Waals surface area contributed by atoms with E-state index in [1.807, 2.05) is 12.1 Å². The van der Waals surface area contributed by atoms with Crippen molar-refractivity contribution in [1.29, 1.82) is 0 Å². The quantitative estimate of drug-likeness (QED) is 0.506. The molecule has 1 saturated heterocycles. The summed E-state index contributed by atoms with van der Waals surface area (Å²) in [6.07, 6.45) is 3.46. The third-order valence-corrected chi connectivity index (χ3v) is 7.35. The Hall–Kier alpha value is -2.63. The van der Waals surface area contributed by atoms with Gasteiger partial charge in [-0.25, -0.2) is 9.97 Å². The minimum absolute atomic E-state index is 0.00711. The van der Waals surface area contributed by atoms with Crippen molar-refractivity contribution in [3.8, 4) is 5.75 Å². The number of anilines is 2. The Balaban J connectivity index is 1.43. The number of amides is 2. The van der Waals surface area contributed by atoms with E-state index in [2.05, 4.69) is 31.2 Å². The number of thiazole rings is 1. The topological polar surface area (TPSA) is 98.7 Å². The van der Waals surface area contributed by atoms with E-state index < -0.39 is 0 Å².